The van der Waals surface area contributed by atoms with Gasteiger partial charge in [0.25, 0.3) is 10.0 Å². The number of nitrogens with zero attached hydrogens (tertiary/aromatic N) is 1. The summed E-state index contributed by atoms with van der Waals surface area (Å²) in [4.78, 5) is -0.171. The van der Waals surface area contributed by atoms with Crippen LogP contribution in [0, 0.1) is 0 Å². The van der Waals surface area contributed by atoms with Crippen molar-refractivity contribution in [3.63, 3.8) is 0 Å². The molecule has 0 aromatic heterocycles. The Morgan fingerprint density at radius 2 is 1.68 bits per heavy atom. The number of sulfonamides is 1. The molecule has 3 rings (SSSR count). The zero-order valence-electron chi connectivity index (χ0n) is 16.9. The largest absolute Gasteiger partial charge is 0.534 e. The zero-order chi connectivity index (χ0) is 23.0. The van der Waals surface area contributed by atoms with Crippen molar-refractivity contribution in [2.45, 2.75) is 56.0 Å². The van der Waals surface area contributed by atoms with Crippen molar-refractivity contribution in [3.8, 4) is 5.75 Å². The molecule has 0 bridgehead atoms. The second-order valence-electron chi connectivity index (χ2n) is 7.17. The van der Waals surface area contributed by atoms with E-state index in [1.54, 1.807) is 6.07 Å². The monoisotopic (exact) mass is 477 g/mol. The SMILES string of the molecule is CCc1ccc2c(c1)CCC(CC)N2S(=O)(=O)c1ccc(OS(=O)(=O)C(F)(F)F)cc1. The number of hydrogen-bond acceptors (Lipinski definition) is 5. The molecule has 1 heterocycles. The van der Waals surface area contributed by atoms with E-state index in [4.69, 9.17) is 0 Å². The van der Waals surface area contributed by atoms with Gasteiger partial charge >= 0.3 is 15.6 Å². The lowest BCUT2D eigenvalue weighted by molar-refractivity contribution is -0.0500. The quantitative estimate of drug-likeness (QED) is 0.455. The minimum atomic E-state index is -5.84. The Kier molecular flexibility index (Phi) is 6.30. The van der Waals surface area contributed by atoms with Crippen molar-refractivity contribution in [1.29, 1.82) is 0 Å². The molecule has 0 saturated heterocycles. The van der Waals surface area contributed by atoms with Gasteiger partial charge in [-0.05, 0) is 67.1 Å². The molecule has 0 fully saturated rings. The van der Waals surface area contributed by atoms with E-state index in [0.29, 0.717) is 18.5 Å². The van der Waals surface area contributed by atoms with Gasteiger partial charge in [0.1, 0.15) is 5.75 Å². The van der Waals surface area contributed by atoms with Crippen LogP contribution in [0.4, 0.5) is 18.9 Å². The summed E-state index contributed by atoms with van der Waals surface area (Å²) >= 11 is 0. The molecule has 1 aliphatic heterocycles. The second kappa shape index (κ2) is 8.34. The number of aryl methyl sites for hydroxylation is 2. The summed E-state index contributed by atoms with van der Waals surface area (Å²) < 4.78 is 92.0. The molecule has 6 nitrogen and oxygen atoms in total. The Hall–Kier alpha value is -2.27. The van der Waals surface area contributed by atoms with Gasteiger partial charge in [0.2, 0.25) is 0 Å². The third-order valence-corrected chi connectivity index (χ3v) is 8.07. The highest BCUT2D eigenvalue weighted by Gasteiger charge is 2.48. The fraction of sp³-hybridized carbons (Fsp3) is 0.400. The van der Waals surface area contributed by atoms with Gasteiger partial charge in [-0.3, -0.25) is 4.31 Å². The van der Waals surface area contributed by atoms with Crippen LogP contribution in [-0.4, -0.2) is 28.4 Å². The van der Waals surface area contributed by atoms with Crippen LogP contribution in [0.25, 0.3) is 0 Å². The van der Waals surface area contributed by atoms with Crippen LogP contribution < -0.4 is 8.49 Å². The Balaban J connectivity index is 1.97. The fourth-order valence-electron chi connectivity index (χ4n) is 3.56. The fourth-order valence-corrected chi connectivity index (χ4v) is 5.81. The highest BCUT2D eigenvalue weighted by molar-refractivity contribution is 7.92. The normalized spacial score (nSPS) is 17.3. The number of fused-ring (bicyclic) bond motifs is 1. The minimum Gasteiger partial charge on any atom is -0.376 e. The number of benzene rings is 2. The van der Waals surface area contributed by atoms with Gasteiger partial charge in [-0.2, -0.15) is 21.6 Å². The first kappa shape index (κ1) is 23.4. The van der Waals surface area contributed by atoms with E-state index < -0.39 is 31.4 Å². The van der Waals surface area contributed by atoms with Crippen molar-refractivity contribution < 1.29 is 34.2 Å². The number of anilines is 1. The van der Waals surface area contributed by atoms with Gasteiger partial charge in [-0.15, -0.1) is 0 Å². The molecule has 0 amide bonds. The first-order chi connectivity index (χ1) is 14.4. The van der Waals surface area contributed by atoms with Crippen molar-refractivity contribution in [2.75, 3.05) is 4.31 Å². The van der Waals surface area contributed by atoms with Crippen LogP contribution in [0.2, 0.25) is 0 Å². The lowest BCUT2D eigenvalue weighted by atomic mass is 9.94. The predicted molar refractivity (Wildman–Crippen MR) is 110 cm³/mol. The molecule has 31 heavy (non-hydrogen) atoms. The highest BCUT2D eigenvalue weighted by Crippen LogP contribution is 2.37. The average molecular weight is 478 g/mol. The van der Waals surface area contributed by atoms with Gasteiger partial charge in [-0.1, -0.05) is 26.0 Å². The summed E-state index contributed by atoms with van der Waals surface area (Å²) in [6, 6.07) is 9.23. The number of halogens is 3. The standard InChI is InChI=1S/C20H22F3NO5S2/c1-3-14-5-12-19-15(13-14)6-7-16(4-2)24(19)30(25,26)18-10-8-17(9-11-18)29-31(27,28)20(21,22)23/h5,8-13,16H,3-4,6-7H2,1-2H3. The first-order valence-corrected chi connectivity index (χ1v) is 12.5. The van der Waals surface area contributed by atoms with Crippen LogP contribution in [0.15, 0.2) is 47.4 Å². The maximum Gasteiger partial charge on any atom is 0.534 e. The predicted octanol–water partition coefficient (Wildman–Crippen LogP) is 4.40. The van der Waals surface area contributed by atoms with Gasteiger partial charge in [0.15, 0.2) is 0 Å². The van der Waals surface area contributed by atoms with E-state index in [-0.39, 0.29) is 10.9 Å². The molecule has 2 aromatic rings. The smallest absolute Gasteiger partial charge is 0.376 e. The molecule has 0 N–H and O–H groups in total. The van der Waals surface area contributed by atoms with E-state index in [2.05, 4.69) is 4.18 Å². The van der Waals surface area contributed by atoms with E-state index >= 15 is 0 Å². The average Bonchev–Trinajstić information content (AvgIpc) is 2.71. The summed E-state index contributed by atoms with van der Waals surface area (Å²) in [5, 5.41) is 0. The molecule has 11 heteroatoms. The van der Waals surface area contributed by atoms with Gasteiger partial charge < -0.3 is 4.18 Å². The number of hydrogen-bond donors (Lipinski definition) is 0. The Labute approximate surface area is 179 Å². The molecule has 0 saturated carbocycles. The first-order valence-electron chi connectivity index (χ1n) is 9.67. The molecule has 1 aliphatic rings. The second-order valence-corrected chi connectivity index (χ2v) is 10.5. The molecule has 1 atom stereocenters. The minimum absolute atomic E-state index is 0.171. The van der Waals surface area contributed by atoms with Crippen LogP contribution in [0.5, 0.6) is 5.75 Å². The zero-order valence-corrected chi connectivity index (χ0v) is 18.5. The van der Waals surface area contributed by atoms with Gasteiger partial charge in [-0.25, -0.2) is 8.42 Å². The van der Waals surface area contributed by atoms with Crippen molar-refractivity contribution in [1.82, 2.24) is 0 Å². The summed E-state index contributed by atoms with van der Waals surface area (Å²) in [6.45, 7) is 3.90. The molecule has 2 aromatic carbocycles. The summed E-state index contributed by atoms with van der Waals surface area (Å²) in [7, 11) is -9.88. The Morgan fingerprint density at radius 1 is 1.03 bits per heavy atom. The van der Waals surface area contributed by atoms with Crippen LogP contribution in [0.3, 0.4) is 0 Å². The lowest BCUT2D eigenvalue weighted by Gasteiger charge is -2.37. The van der Waals surface area contributed by atoms with E-state index in [1.807, 2.05) is 26.0 Å². The molecule has 0 aliphatic carbocycles. The van der Waals surface area contributed by atoms with Crippen LogP contribution in [0.1, 0.15) is 37.8 Å². The topological polar surface area (TPSA) is 80.8 Å². The third kappa shape index (κ3) is 4.52. The summed E-state index contributed by atoms with van der Waals surface area (Å²) in [6.07, 6.45) is 2.79. The molecule has 0 radical (unpaired) electrons. The molecule has 170 valence electrons. The van der Waals surface area contributed by atoms with Crippen LogP contribution >= 0.6 is 0 Å². The van der Waals surface area contributed by atoms with Gasteiger partial charge in [0.05, 0.1) is 10.6 Å². The molecule has 1 unspecified atom stereocenters. The lowest BCUT2D eigenvalue weighted by Crippen LogP contribution is -2.43. The van der Waals surface area contributed by atoms with E-state index in [0.717, 1.165) is 48.2 Å². The summed E-state index contributed by atoms with van der Waals surface area (Å²) in [5.74, 6) is -0.630. The maximum absolute atomic E-state index is 13.4. The molecule has 0 spiro atoms. The maximum atomic E-state index is 13.4. The third-order valence-electron chi connectivity index (χ3n) is 5.21. The van der Waals surface area contributed by atoms with Gasteiger partial charge in [0, 0.05) is 6.04 Å². The van der Waals surface area contributed by atoms with E-state index in [9.17, 15) is 30.0 Å². The van der Waals surface area contributed by atoms with Crippen molar-refractivity contribution in [3.05, 3.63) is 53.6 Å². The highest BCUT2D eigenvalue weighted by atomic mass is 32.2. The number of rotatable bonds is 6. The Bertz CT molecular complexity index is 1160. The molecular formula is C20H22F3NO5S2. The van der Waals surface area contributed by atoms with Crippen molar-refractivity contribution >= 4 is 25.8 Å². The van der Waals surface area contributed by atoms with E-state index in [1.165, 1.54) is 4.31 Å². The van der Waals surface area contributed by atoms with Crippen molar-refractivity contribution in [2.24, 2.45) is 0 Å². The molecular weight excluding hydrogens is 455 g/mol. The van der Waals surface area contributed by atoms with Crippen LogP contribution in [-0.2, 0) is 33.0 Å². The summed E-state index contributed by atoms with van der Waals surface area (Å²) in [5.41, 5.74) is -2.99. The Morgan fingerprint density at radius 3 is 2.23 bits per heavy atom. The number of alkyl halides is 3.